The quantitative estimate of drug-likeness (QED) is 0.854. The number of benzene rings is 1. The predicted molar refractivity (Wildman–Crippen MR) is 69.5 cm³/mol. The molecule has 1 N–H and O–H groups in total. The van der Waals surface area contributed by atoms with Gasteiger partial charge in [-0.2, -0.15) is 13.2 Å². The van der Waals surface area contributed by atoms with Crippen molar-refractivity contribution in [3.8, 4) is 0 Å². The summed E-state index contributed by atoms with van der Waals surface area (Å²) >= 11 is 8.87. The number of rotatable bonds is 2. The number of aromatic nitrogens is 2. The number of hydrogen-bond acceptors (Lipinski definition) is 3. The van der Waals surface area contributed by atoms with Crippen LogP contribution in [-0.4, -0.2) is 9.97 Å². The zero-order chi connectivity index (χ0) is 14.0. The van der Waals surface area contributed by atoms with E-state index in [2.05, 4.69) is 31.2 Å². The lowest BCUT2D eigenvalue weighted by Gasteiger charge is -2.11. The number of halogens is 5. The molecule has 2 aromatic rings. The molecule has 0 unspecified atom stereocenters. The maximum Gasteiger partial charge on any atom is 0.416 e. The van der Waals surface area contributed by atoms with Crippen LogP contribution in [0.1, 0.15) is 5.56 Å². The van der Waals surface area contributed by atoms with Crippen molar-refractivity contribution in [2.45, 2.75) is 6.18 Å². The molecule has 0 bridgehead atoms. The Morgan fingerprint density at radius 2 is 1.95 bits per heavy atom. The van der Waals surface area contributed by atoms with Crippen molar-refractivity contribution in [3.05, 3.63) is 45.8 Å². The summed E-state index contributed by atoms with van der Waals surface area (Å²) in [5.74, 6) is 0.352. The summed E-state index contributed by atoms with van der Waals surface area (Å²) in [7, 11) is 0. The van der Waals surface area contributed by atoms with Crippen LogP contribution in [0.3, 0.4) is 0 Å². The largest absolute Gasteiger partial charge is 0.416 e. The van der Waals surface area contributed by atoms with Gasteiger partial charge < -0.3 is 5.32 Å². The highest BCUT2D eigenvalue weighted by Crippen LogP contribution is 2.34. The summed E-state index contributed by atoms with van der Waals surface area (Å²) in [5.41, 5.74) is -0.632. The molecule has 8 heteroatoms. The van der Waals surface area contributed by atoms with E-state index in [9.17, 15) is 13.2 Å². The van der Waals surface area contributed by atoms with Gasteiger partial charge in [0.25, 0.3) is 0 Å². The molecular formula is C11H6BrClF3N3. The summed E-state index contributed by atoms with van der Waals surface area (Å²) in [6.07, 6.45) is -1.70. The zero-order valence-corrected chi connectivity index (χ0v) is 11.5. The van der Waals surface area contributed by atoms with Crippen LogP contribution in [0.25, 0.3) is 0 Å². The lowest BCUT2D eigenvalue weighted by molar-refractivity contribution is -0.137. The Bertz CT molecular complexity index is 604. The Morgan fingerprint density at radius 1 is 1.21 bits per heavy atom. The first-order chi connectivity index (χ1) is 8.86. The summed E-state index contributed by atoms with van der Waals surface area (Å²) in [6.45, 7) is 0. The standard InChI is InChI=1S/C11H6BrClF3N3/c12-9-4-17-5-18-10(9)19-8-2-6(11(14,15)16)1-7(13)3-8/h1-5H,(H,17,18,19). The van der Waals surface area contributed by atoms with Gasteiger partial charge in [0.15, 0.2) is 0 Å². The molecule has 3 nitrogen and oxygen atoms in total. The molecule has 0 saturated heterocycles. The van der Waals surface area contributed by atoms with E-state index < -0.39 is 11.7 Å². The lowest BCUT2D eigenvalue weighted by atomic mass is 10.2. The second-order valence-corrected chi connectivity index (χ2v) is 4.86. The molecule has 0 aliphatic heterocycles. The van der Waals surface area contributed by atoms with Crippen molar-refractivity contribution in [2.75, 3.05) is 5.32 Å². The maximum atomic E-state index is 12.6. The van der Waals surface area contributed by atoms with Crippen molar-refractivity contribution >= 4 is 39.0 Å². The van der Waals surface area contributed by atoms with E-state index in [0.717, 1.165) is 12.1 Å². The van der Waals surface area contributed by atoms with Gasteiger partial charge in [0.2, 0.25) is 0 Å². The van der Waals surface area contributed by atoms with Gasteiger partial charge in [0.05, 0.1) is 10.0 Å². The average Bonchev–Trinajstić information content (AvgIpc) is 2.30. The van der Waals surface area contributed by atoms with Gasteiger partial charge in [-0.1, -0.05) is 11.6 Å². The predicted octanol–water partition coefficient (Wildman–Crippen LogP) is 4.65. The van der Waals surface area contributed by atoms with Crippen molar-refractivity contribution in [2.24, 2.45) is 0 Å². The average molecular weight is 353 g/mol. The molecule has 0 spiro atoms. The fourth-order valence-electron chi connectivity index (χ4n) is 1.37. The molecule has 100 valence electrons. The second kappa shape index (κ2) is 5.34. The fourth-order valence-corrected chi connectivity index (χ4v) is 1.92. The fraction of sp³-hybridized carbons (Fsp3) is 0.0909. The monoisotopic (exact) mass is 351 g/mol. The topological polar surface area (TPSA) is 37.8 Å². The van der Waals surface area contributed by atoms with Crippen LogP contribution in [0.15, 0.2) is 35.2 Å². The van der Waals surface area contributed by atoms with Crippen LogP contribution >= 0.6 is 27.5 Å². The first-order valence-corrected chi connectivity index (χ1v) is 6.13. The first kappa shape index (κ1) is 14.1. The molecule has 19 heavy (non-hydrogen) atoms. The highest BCUT2D eigenvalue weighted by atomic mass is 79.9. The third-order valence-corrected chi connectivity index (χ3v) is 2.95. The molecule has 1 heterocycles. The van der Waals surface area contributed by atoms with Gasteiger partial charge in [-0.3, -0.25) is 0 Å². The summed E-state index contributed by atoms with van der Waals surface area (Å²) in [5, 5.41) is 2.73. The van der Waals surface area contributed by atoms with E-state index in [1.807, 2.05) is 0 Å². The number of nitrogens with zero attached hydrogens (tertiary/aromatic N) is 2. The molecule has 1 aromatic carbocycles. The summed E-state index contributed by atoms with van der Waals surface area (Å²) in [4.78, 5) is 7.66. The smallest absolute Gasteiger partial charge is 0.339 e. The number of alkyl halides is 3. The molecule has 0 amide bonds. The third kappa shape index (κ3) is 3.57. The molecule has 0 aliphatic carbocycles. The molecular weight excluding hydrogens is 346 g/mol. The highest BCUT2D eigenvalue weighted by Gasteiger charge is 2.31. The van der Waals surface area contributed by atoms with Crippen LogP contribution in [-0.2, 0) is 6.18 Å². The van der Waals surface area contributed by atoms with E-state index in [-0.39, 0.29) is 10.7 Å². The Hall–Kier alpha value is -1.34. The third-order valence-electron chi connectivity index (χ3n) is 2.16. The van der Waals surface area contributed by atoms with Crippen molar-refractivity contribution in [3.63, 3.8) is 0 Å². The van der Waals surface area contributed by atoms with Crippen molar-refractivity contribution in [1.29, 1.82) is 0 Å². The van der Waals surface area contributed by atoms with E-state index in [4.69, 9.17) is 11.6 Å². The van der Waals surface area contributed by atoms with Crippen LogP contribution in [0.4, 0.5) is 24.7 Å². The minimum Gasteiger partial charge on any atom is -0.339 e. The van der Waals surface area contributed by atoms with E-state index in [0.29, 0.717) is 10.3 Å². The van der Waals surface area contributed by atoms with Crippen LogP contribution in [0.5, 0.6) is 0 Å². The molecule has 0 atom stereocenters. The Labute approximate surface area is 120 Å². The minimum absolute atomic E-state index is 0.0116. The summed E-state index contributed by atoms with van der Waals surface area (Å²) in [6, 6.07) is 3.20. The van der Waals surface area contributed by atoms with Crippen molar-refractivity contribution in [1.82, 2.24) is 9.97 Å². The Balaban J connectivity index is 2.36. The molecule has 0 saturated carbocycles. The normalized spacial score (nSPS) is 11.4. The first-order valence-electron chi connectivity index (χ1n) is 4.96. The van der Waals surface area contributed by atoms with Gasteiger partial charge in [0.1, 0.15) is 12.1 Å². The molecule has 1 aromatic heterocycles. The van der Waals surface area contributed by atoms with E-state index >= 15 is 0 Å². The SMILES string of the molecule is FC(F)(F)c1cc(Cl)cc(Nc2ncncc2Br)c1. The van der Waals surface area contributed by atoms with Crippen LogP contribution < -0.4 is 5.32 Å². The molecule has 2 rings (SSSR count). The Kier molecular flexibility index (Phi) is 3.96. The number of nitrogens with one attached hydrogen (secondary N) is 1. The van der Waals surface area contributed by atoms with Gasteiger partial charge in [-0.15, -0.1) is 0 Å². The maximum absolute atomic E-state index is 12.6. The van der Waals surface area contributed by atoms with Gasteiger partial charge in [-0.05, 0) is 34.1 Å². The number of hydrogen-bond donors (Lipinski definition) is 1. The molecule has 0 fully saturated rings. The van der Waals surface area contributed by atoms with Gasteiger partial charge >= 0.3 is 6.18 Å². The molecule has 0 aliphatic rings. The molecule has 0 radical (unpaired) electrons. The Morgan fingerprint density at radius 3 is 2.58 bits per heavy atom. The summed E-state index contributed by atoms with van der Waals surface area (Å²) < 4.78 is 38.5. The number of anilines is 2. The van der Waals surface area contributed by atoms with Crippen molar-refractivity contribution < 1.29 is 13.2 Å². The van der Waals surface area contributed by atoms with Crippen LogP contribution in [0.2, 0.25) is 5.02 Å². The van der Waals surface area contributed by atoms with E-state index in [1.165, 1.54) is 18.6 Å². The lowest BCUT2D eigenvalue weighted by Crippen LogP contribution is -2.06. The van der Waals surface area contributed by atoms with E-state index in [1.54, 1.807) is 0 Å². The van der Waals surface area contributed by atoms with Crippen LogP contribution in [0, 0.1) is 0 Å². The van der Waals surface area contributed by atoms with Gasteiger partial charge in [0, 0.05) is 16.9 Å². The zero-order valence-electron chi connectivity index (χ0n) is 9.17. The second-order valence-electron chi connectivity index (χ2n) is 3.57. The van der Waals surface area contributed by atoms with Gasteiger partial charge in [-0.25, -0.2) is 9.97 Å². The highest BCUT2D eigenvalue weighted by molar-refractivity contribution is 9.10. The minimum atomic E-state index is -4.45.